The second kappa shape index (κ2) is 6.41. The first kappa shape index (κ1) is 15.5. The SMILES string of the molecule is O=C(O)c1nc(Cl)c(Cl)c(-c2ccccc2)c1-c1ccccc1. The molecule has 0 bridgehead atoms. The Labute approximate surface area is 143 Å². The second-order valence-corrected chi connectivity index (χ2v) is 5.59. The lowest BCUT2D eigenvalue weighted by molar-refractivity contribution is 0.0691. The van der Waals surface area contributed by atoms with Crippen molar-refractivity contribution in [3.8, 4) is 22.3 Å². The summed E-state index contributed by atoms with van der Waals surface area (Å²) in [4.78, 5) is 15.6. The highest BCUT2D eigenvalue weighted by molar-refractivity contribution is 6.43. The van der Waals surface area contributed by atoms with Crippen LogP contribution in [0.1, 0.15) is 10.5 Å². The molecule has 3 aromatic rings. The number of carbonyl (C=O) groups is 1. The Bertz CT molecular complexity index is 865. The number of hydrogen-bond acceptors (Lipinski definition) is 2. The van der Waals surface area contributed by atoms with Crippen molar-refractivity contribution < 1.29 is 9.90 Å². The fourth-order valence-corrected chi connectivity index (χ4v) is 2.88. The largest absolute Gasteiger partial charge is 0.476 e. The van der Waals surface area contributed by atoms with E-state index in [9.17, 15) is 9.90 Å². The molecule has 3 rings (SSSR count). The highest BCUT2D eigenvalue weighted by Gasteiger charge is 2.23. The average molecular weight is 344 g/mol. The average Bonchev–Trinajstić information content (AvgIpc) is 2.58. The minimum absolute atomic E-state index is 0.0254. The number of benzene rings is 2. The molecule has 1 aromatic heterocycles. The zero-order valence-electron chi connectivity index (χ0n) is 11.8. The zero-order valence-corrected chi connectivity index (χ0v) is 13.3. The maximum atomic E-state index is 11.7. The van der Waals surface area contributed by atoms with Crippen molar-refractivity contribution in [2.24, 2.45) is 0 Å². The lowest BCUT2D eigenvalue weighted by atomic mass is 9.93. The van der Waals surface area contributed by atoms with E-state index in [-0.39, 0.29) is 15.9 Å². The quantitative estimate of drug-likeness (QED) is 0.646. The van der Waals surface area contributed by atoms with E-state index in [0.717, 1.165) is 11.1 Å². The van der Waals surface area contributed by atoms with E-state index in [4.69, 9.17) is 23.2 Å². The number of rotatable bonds is 3. The molecule has 2 aromatic carbocycles. The monoisotopic (exact) mass is 343 g/mol. The number of aromatic nitrogens is 1. The number of pyridine rings is 1. The molecule has 0 unspecified atom stereocenters. The molecule has 0 fully saturated rings. The summed E-state index contributed by atoms with van der Waals surface area (Å²) in [5.74, 6) is -1.15. The van der Waals surface area contributed by atoms with E-state index in [1.54, 1.807) is 0 Å². The fourth-order valence-electron chi connectivity index (χ4n) is 2.45. The molecule has 0 atom stereocenters. The number of carboxylic acid groups (broad SMARTS) is 1. The molecule has 0 amide bonds. The Hall–Kier alpha value is -2.36. The van der Waals surface area contributed by atoms with Gasteiger partial charge in [-0.15, -0.1) is 0 Å². The van der Waals surface area contributed by atoms with E-state index in [0.29, 0.717) is 11.1 Å². The summed E-state index contributed by atoms with van der Waals surface area (Å²) in [7, 11) is 0. The molecule has 0 aliphatic carbocycles. The first-order chi connectivity index (χ1) is 11.1. The van der Waals surface area contributed by atoms with Gasteiger partial charge in [-0.2, -0.15) is 0 Å². The molecule has 0 spiro atoms. The van der Waals surface area contributed by atoms with Crippen molar-refractivity contribution in [2.45, 2.75) is 0 Å². The smallest absolute Gasteiger partial charge is 0.355 e. The minimum Gasteiger partial charge on any atom is -0.476 e. The van der Waals surface area contributed by atoms with Crippen LogP contribution < -0.4 is 0 Å². The van der Waals surface area contributed by atoms with Crippen LogP contribution in [0.5, 0.6) is 0 Å². The van der Waals surface area contributed by atoms with Crippen molar-refractivity contribution in [2.75, 3.05) is 0 Å². The summed E-state index contributed by atoms with van der Waals surface area (Å²) < 4.78 is 0. The second-order valence-electron chi connectivity index (χ2n) is 4.85. The first-order valence-corrected chi connectivity index (χ1v) is 7.58. The zero-order chi connectivity index (χ0) is 16.4. The van der Waals surface area contributed by atoms with Gasteiger partial charge in [0.05, 0.1) is 5.02 Å². The highest BCUT2D eigenvalue weighted by Crippen LogP contribution is 2.42. The molecule has 23 heavy (non-hydrogen) atoms. The molecular formula is C18H11Cl2NO2. The predicted octanol–water partition coefficient (Wildman–Crippen LogP) is 5.42. The van der Waals surface area contributed by atoms with Crippen molar-refractivity contribution >= 4 is 29.2 Å². The third-order valence-corrected chi connectivity index (χ3v) is 4.16. The van der Waals surface area contributed by atoms with Crippen LogP contribution in [0.25, 0.3) is 22.3 Å². The van der Waals surface area contributed by atoms with Crippen LogP contribution in [-0.2, 0) is 0 Å². The summed E-state index contributed by atoms with van der Waals surface area (Å²) in [5.41, 5.74) is 2.40. The molecule has 114 valence electrons. The molecule has 1 heterocycles. The van der Waals surface area contributed by atoms with Gasteiger partial charge in [0.15, 0.2) is 5.69 Å². The Balaban J connectivity index is 2.44. The van der Waals surface area contributed by atoms with Gasteiger partial charge in [-0.1, -0.05) is 83.9 Å². The topological polar surface area (TPSA) is 50.2 Å². The summed E-state index contributed by atoms with van der Waals surface area (Å²) in [6.07, 6.45) is 0. The fraction of sp³-hybridized carbons (Fsp3) is 0. The van der Waals surface area contributed by atoms with Crippen LogP contribution in [0.2, 0.25) is 10.2 Å². The van der Waals surface area contributed by atoms with Crippen LogP contribution in [-0.4, -0.2) is 16.1 Å². The van der Waals surface area contributed by atoms with E-state index in [1.165, 1.54) is 0 Å². The Morgan fingerprint density at radius 2 is 1.30 bits per heavy atom. The molecule has 1 N–H and O–H groups in total. The van der Waals surface area contributed by atoms with Crippen LogP contribution in [0.15, 0.2) is 60.7 Å². The Morgan fingerprint density at radius 3 is 1.78 bits per heavy atom. The van der Waals surface area contributed by atoms with Gasteiger partial charge in [-0.05, 0) is 11.1 Å². The van der Waals surface area contributed by atoms with E-state index in [1.807, 2.05) is 60.7 Å². The molecule has 0 aliphatic heterocycles. The van der Waals surface area contributed by atoms with Crippen LogP contribution in [0.4, 0.5) is 0 Å². The standard InChI is InChI=1S/C18H11Cl2NO2/c19-15-13(11-7-3-1-4-8-11)14(12-9-5-2-6-10-12)16(18(22)23)21-17(15)20/h1-10H,(H,22,23). The maximum absolute atomic E-state index is 11.7. The third-order valence-electron chi connectivity index (χ3n) is 3.42. The summed E-state index contributed by atoms with van der Waals surface area (Å²) in [5, 5.41) is 9.76. The Morgan fingerprint density at radius 1 is 0.826 bits per heavy atom. The van der Waals surface area contributed by atoms with Gasteiger partial charge in [0.2, 0.25) is 0 Å². The van der Waals surface area contributed by atoms with Gasteiger partial charge in [0, 0.05) is 11.1 Å². The summed E-state index contributed by atoms with van der Waals surface area (Å²) >= 11 is 12.4. The lowest BCUT2D eigenvalue weighted by Gasteiger charge is -2.15. The van der Waals surface area contributed by atoms with Gasteiger partial charge in [0.25, 0.3) is 0 Å². The van der Waals surface area contributed by atoms with Crippen molar-refractivity contribution in [1.29, 1.82) is 0 Å². The summed E-state index contributed by atoms with van der Waals surface area (Å²) in [6, 6.07) is 18.5. The van der Waals surface area contributed by atoms with Gasteiger partial charge in [-0.3, -0.25) is 0 Å². The van der Waals surface area contributed by atoms with Crippen LogP contribution in [0.3, 0.4) is 0 Å². The van der Waals surface area contributed by atoms with Crippen molar-refractivity contribution in [3.63, 3.8) is 0 Å². The molecule has 5 heteroatoms. The number of hydrogen-bond donors (Lipinski definition) is 1. The van der Waals surface area contributed by atoms with Crippen LogP contribution in [0, 0.1) is 0 Å². The van der Waals surface area contributed by atoms with Gasteiger partial charge < -0.3 is 5.11 Å². The van der Waals surface area contributed by atoms with Crippen molar-refractivity contribution in [3.05, 3.63) is 76.5 Å². The molecule has 0 aliphatic rings. The lowest BCUT2D eigenvalue weighted by Crippen LogP contribution is -2.06. The molecule has 0 saturated carbocycles. The van der Waals surface area contributed by atoms with Gasteiger partial charge >= 0.3 is 5.97 Å². The van der Waals surface area contributed by atoms with Gasteiger partial charge in [-0.25, -0.2) is 9.78 Å². The maximum Gasteiger partial charge on any atom is 0.355 e. The molecule has 3 nitrogen and oxygen atoms in total. The minimum atomic E-state index is -1.15. The van der Waals surface area contributed by atoms with E-state index < -0.39 is 5.97 Å². The summed E-state index contributed by atoms with van der Waals surface area (Å²) in [6.45, 7) is 0. The van der Waals surface area contributed by atoms with Crippen molar-refractivity contribution in [1.82, 2.24) is 4.98 Å². The van der Waals surface area contributed by atoms with E-state index >= 15 is 0 Å². The number of halogens is 2. The van der Waals surface area contributed by atoms with Gasteiger partial charge in [0.1, 0.15) is 5.15 Å². The molecule has 0 saturated heterocycles. The number of aromatic carboxylic acids is 1. The molecule has 0 radical (unpaired) electrons. The number of nitrogens with zero attached hydrogens (tertiary/aromatic N) is 1. The van der Waals surface area contributed by atoms with E-state index in [2.05, 4.69) is 4.98 Å². The Kier molecular flexibility index (Phi) is 4.33. The third kappa shape index (κ3) is 2.93. The normalized spacial score (nSPS) is 10.5. The number of carboxylic acids is 1. The highest BCUT2D eigenvalue weighted by atomic mass is 35.5. The predicted molar refractivity (Wildman–Crippen MR) is 92.1 cm³/mol. The molecular weight excluding hydrogens is 333 g/mol. The van der Waals surface area contributed by atoms with Crippen LogP contribution >= 0.6 is 23.2 Å². The first-order valence-electron chi connectivity index (χ1n) is 6.82.